The van der Waals surface area contributed by atoms with Crippen molar-refractivity contribution in [3.8, 4) is 0 Å². The number of hydrogen-bond acceptors (Lipinski definition) is 3. The van der Waals surface area contributed by atoms with Gasteiger partial charge in [0.25, 0.3) is 0 Å². The van der Waals surface area contributed by atoms with Crippen LogP contribution in [0.25, 0.3) is 0 Å². The van der Waals surface area contributed by atoms with E-state index in [0.29, 0.717) is 11.5 Å². The van der Waals surface area contributed by atoms with Crippen molar-refractivity contribution in [2.75, 3.05) is 24.6 Å². The van der Waals surface area contributed by atoms with E-state index in [9.17, 15) is 8.42 Å². The molecule has 4 heteroatoms. The van der Waals surface area contributed by atoms with Gasteiger partial charge in [0, 0.05) is 5.75 Å². The molecule has 0 saturated carbocycles. The van der Waals surface area contributed by atoms with Crippen LogP contribution < -0.4 is 5.32 Å². The Hall–Kier alpha value is -0.0900. The molecule has 0 aliphatic heterocycles. The lowest BCUT2D eigenvalue weighted by Crippen LogP contribution is -2.15. The molecular formula is C10H23NO2S. The van der Waals surface area contributed by atoms with Crippen molar-refractivity contribution in [3.05, 3.63) is 0 Å². The Morgan fingerprint density at radius 2 is 1.71 bits per heavy atom. The Morgan fingerprint density at radius 1 is 1.00 bits per heavy atom. The van der Waals surface area contributed by atoms with Gasteiger partial charge < -0.3 is 5.32 Å². The monoisotopic (exact) mass is 221 g/mol. The Kier molecular flexibility index (Phi) is 8.18. The van der Waals surface area contributed by atoms with Gasteiger partial charge >= 0.3 is 0 Å². The smallest absolute Gasteiger partial charge is 0.150 e. The number of rotatable bonds is 9. The van der Waals surface area contributed by atoms with E-state index in [1.807, 2.05) is 6.92 Å². The largest absolute Gasteiger partial charge is 0.317 e. The molecule has 0 aromatic carbocycles. The van der Waals surface area contributed by atoms with Gasteiger partial charge in [-0.3, -0.25) is 0 Å². The first kappa shape index (κ1) is 13.9. The first-order valence-corrected chi connectivity index (χ1v) is 7.35. The maximum Gasteiger partial charge on any atom is 0.150 e. The van der Waals surface area contributed by atoms with E-state index in [-0.39, 0.29) is 0 Å². The van der Waals surface area contributed by atoms with Gasteiger partial charge in [0.15, 0.2) is 0 Å². The summed E-state index contributed by atoms with van der Waals surface area (Å²) in [4.78, 5) is 0. The summed E-state index contributed by atoms with van der Waals surface area (Å²) in [5.74, 6) is 0.715. The van der Waals surface area contributed by atoms with Crippen LogP contribution in [-0.4, -0.2) is 33.0 Å². The molecule has 0 spiro atoms. The average molecular weight is 221 g/mol. The minimum Gasteiger partial charge on any atom is -0.317 e. The number of unbranched alkanes of at least 4 members (excludes halogenated alkanes) is 2. The second-order valence-electron chi connectivity index (χ2n) is 3.57. The summed E-state index contributed by atoms with van der Waals surface area (Å²) in [5, 5.41) is 3.22. The molecule has 0 amide bonds. The summed E-state index contributed by atoms with van der Waals surface area (Å²) >= 11 is 0. The zero-order valence-electron chi connectivity index (χ0n) is 9.38. The fourth-order valence-corrected chi connectivity index (χ4v) is 2.81. The van der Waals surface area contributed by atoms with Crippen molar-refractivity contribution < 1.29 is 8.42 Å². The van der Waals surface area contributed by atoms with E-state index in [1.165, 1.54) is 0 Å². The topological polar surface area (TPSA) is 46.2 Å². The van der Waals surface area contributed by atoms with Gasteiger partial charge in [0.2, 0.25) is 0 Å². The van der Waals surface area contributed by atoms with E-state index in [1.54, 1.807) is 0 Å². The van der Waals surface area contributed by atoms with Crippen LogP contribution in [0.2, 0.25) is 0 Å². The molecule has 0 aromatic rings. The van der Waals surface area contributed by atoms with E-state index in [4.69, 9.17) is 0 Å². The summed E-state index contributed by atoms with van der Waals surface area (Å²) in [6.45, 7) is 5.98. The molecule has 0 radical (unpaired) electrons. The van der Waals surface area contributed by atoms with Gasteiger partial charge in [-0.25, -0.2) is 8.42 Å². The highest BCUT2D eigenvalue weighted by molar-refractivity contribution is 7.91. The third-order valence-corrected chi connectivity index (χ3v) is 4.01. The fraction of sp³-hybridized carbons (Fsp3) is 1.00. The number of nitrogens with one attached hydrogen (secondary N) is 1. The SMILES string of the molecule is CCCS(=O)(=O)CCCCCNCC. The third kappa shape index (κ3) is 8.51. The summed E-state index contributed by atoms with van der Waals surface area (Å²) < 4.78 is 22.6. The number of sulfone groups is 1. The number of hydrogen-bond donors (Lipinski definition) is 1. The van der Waals surface area contributed by atoms with Crippen LogP contribution in [0, 0.1) is 0 Å². The first-order chi connectivity index (χ1) is 6.62. The Morgan fingerprint density at radius 3 is 2.29 bits per heavy atom. The van der Waals surface area contributed by atoms with Gasteiger partial charge in [-0.15, -0.1) is 0 Å². The molecule has 3 nitrogen and oxygen atoms in total. The Bertz CT molecular complexity index is 212. The highest BCUT2D eigenvalue weighted by Crippen LogP contribution is 2.01. The summed E-state index contributed by atoms with van der Waals surface area (Å²) in [5.41, 5.74) is 0. The molecule has 0 heterocycles. The minimum absolute atomic E-state index is 0.347. The highest BCUT2D eigenvalue weighted by atomic mass is 32.2. The van der Waals surface area contributed by atoms with Crippen molar-refractivity contribution in [1.82, 2.24) is 5.32 Å². The van der Waals surface area contributed by atoms with Crippen LogP contribution in [0.15, 0.2) is 0 Å². The summed E-state index contributed by atoms with van der Waals surface area (Å²) in [6.07, 6.45) is 3.64. The van der Waals surface area contributed by atoms with E-state index in [0.717, 1.165) is 38.8 Å². The lowest BCUT2D eigenvalue weighted by molar-refractivity contribution is 0.584. The van der Waals surface area contributed by atoms with E-state index >= 15 is 0 Å². The Balaban J connectivity index is 3.35. The maximum atomic E-state index is 11.3. The summed E-state index contributed by atoms with van der Waals surface area (Å²) in [7, 11) is -2.74. The molecule has 14 heavy (non-hydrogen) atoms. The quantitative estimate of drug-likeness (QED) is 0.601. The molecule has 0 saturated heterocycles. The minimum atomic E-state index is -2.74. The van der Waals surface area contributed by atoms with Crippen LogP contribution in [0.1, 0.15) is 39.5 Å². The molecule has 0 unspecified atom stereocenters. The molecule has 0 atom stereocenters. The van der Waals surface area contributed by atoms with Crippen LogP contribution >= 0.6 is 0 Å². The molecule has 0 aliphatic rings. The second kappa shape index (κ2) is 8.24. The van der Waals surface area contributed by atoms with Crippen LogP contribution in [0.5, 0.6) is 0 Å². The van der Waals surface area contributed by atoms with Crippen LogP contribution in [0.4, 0.5) is 0 Å². The molecule has 0 fully saturated rings. The van der Waals surface area contributed by atoms with Crippen molar-refractivity contribution >= 4 is 9.84 Å². The third-order valence-electron chi connectivity index (χ3n) is 2.07. The highest BCUT2D eigenvalue weighted by Gasteiger charge is 2.07. The first-order valence-electron chi connectivity index (χ1n) is 5.53. The molecule has 1 N–H and O–H groups in total. The maximum absolute atomic E-state index is 11.3. The van der Waals surface area contributed by atoms with E-state index < -0.39 is 9.84 Å². The average Bonchev–Trinajstić information content (AvgIpc) is 2.11. The van der Waals surface area contributed by atoms with Crippen LogP contribution in [0.3, 0.4) is 0 Å². The van der Waals surface area contributed by atoms with Crippen LogP contribution in [-0.2, 0) is 9.84 Å². The van der Waals surface area contributed by atoms with Gasteiger partial charge in [-0.2, -0.15) is 0 Å². The van der Waals surface area contributed by atoms with E-state index in [2.05, 4.69) is 12.2 Å². The standard InChI is InChI=1S/C10H23NO2S/c1-3-9-14(12,13)10-7-5-6-8-11-4-2/h11H,3-10H2,1-2H3. The normalized spacial score (nSPS) is 11.9. The van der Waals surface area contributed by atoms with Crippen molar-refractivity contribution in [2.24, 2.45) is 0 Å². The fourth-order valence-electron chi connectivity index (χ4n) is 1.34. The van der Waals surface area contributed by atoms with Crippen molar-refractivity contribution in [2.45, 2.75) is 39.5 Å². The predicted molar refractivity (Wildman–Crippen MR) is 61.3 cm³/mol. The van der Waals surface area contributed by atoms with Gasteiger partial charge in [-0.1, -0.05) is 20.3 Å². The van der Waals surface area contributed by atoms with Gasteiger partial charge in [0.1, 0.15) is 9.84 Å². The molecule has 0 aliphatic carbocycles. The molecular weight excluding hydrogens is 198 g/mol. The molecule has 86 valence electrons. The molecule has 0 aromatic heterocycles. The zero-order valence-corrected chi connectivity index (χ0v) is 10.2. The lowest BCUT2D eigenvalue weighted by Gasteiger charge is -2.03. The molecule has 0 bridgehead atoms. The molecule has 0 rings (SSSR count). The van der Waals surface area contributed by atoms with Gasteiger partial charge in [0.05, 0.1) is 5.75 Å². The Labute approximate surface area is 88.2 Å². The summed E-state index contributed by atoms with van der Waals surface area (Å²) in [6, 6.07) is 0. The van der Waals surface area contributed by atoms with Crippen molar-refractivity contribution in [1.29, 1.82) is 0 Å². The zero-order chi connectivity index (χ0) is 10.9. The predicted octanol–water partition coefficient (Wildman–Crippen LogP) is 1.59. The second-order valence-corrected chi connectivity index (χ2v) is 5.87. The van der Waals surface area contributed by atoms with Gasteiger partial charge in [-0.05, 0) is 32.4 Å². The lowest BCUT2D eigenvalue weighted by atomic mass is 10.2. The van der Waals surface area contributed by atoms with Crippen molar-refractivity contribution in [3.63, 3.8) is 0 Å².